The molecule has 0 aliphatic rings. The number of ether oxygens (including phenoxy) is 3. The fourth-order valence-electron chi connectivity index (χ4n) is 2.57. The SMILES string of the molecule is COc1cc(CNC(=O)C(C)OCCC(C)C)ccc1OCc1ccccc1. The van der Waals surface area contributed by atoms with Crippen LogP contribution in [-0.4, -0.2) is 25.7 Å². The zero-order chi connectivity index (χ0) is 20.4. The summed E-state index contributed by atoms with van der Waals surface area (Å²) in [7, 11) is 1.61. The summed E-state index contributed by atoms with van der Waals surface area (Å²) in [5.41, 5.74) is 2.03. The average molecular weight is 386 g/mol. The van der Waals surface area contributed by atoms with Crippen molar-refractivity contribution in [1.29, 1.82) is 0 Å². The largest absolute Gasteiger partial charge is 0.493 e. The van der Waals surface area contributed by atoms with E-state index in [0.717, 1.165) is 17.5 Å². The van der Waals surface area contributed by atoms with Crippen LogP contribution in [0.25, 0.3) is 0 Å². The number of hydrogen-bond acceptors (Lipinski definition) is 4. The summed E-state index contributed by atoms with van der Waals surface area (Å²) >= 11 is 0. The van der Waals surface area contributed by atoms with Gasteiger partial charge in [0.15, 0.2) is 11.5 Å². The minimum absolute atomic E-state index is 0.118. The van der Waals surface area contributed by atoms with Crippen LogP contribution >= 0.6 is 0 Å². The van der Waals surface area contributed by atoms with Crippen LogP contribution in [0.4, 0.5) is 0 Å². The molecule has 5 nitrogen and oxygen atoms in total. The van der Waals surface area contributed by atoms with Gasteiger partial charge in [0.1, 0.15) is 12.7 Å². The van der Waals surface area contributed by atoms with E-state index in [2.05, 4.69) is 19.2 Å². The lowest BCUT2D eigenvalue weighted by Crippen LogP contribution is -2.34. The molecule has 28 heavy (non-hydrogen) atoms. The average Bonchev–Trinajstić information content (AvgIpc) is 2.71. The Morgan fingerprint density at radius 2 is 1.75 bits per heavy atom. The van der Waals surface area contributed by atoms with Gasteiger partial charge in [0.05, 0.1) is 7.11 Å². The van der Waals surface area contributed by atoms with Crippen LogP contribution in [-0.2, 0) is 22.7 Å². The van der Waals surface area contributed by atoms with Gasteiger partial charge in [-0.25, -0.2) is 0 Å². The van der Waals surface area contributed by atoms with Crippen molar-refractivity contribution in [1.82, 2.24) is 5.32 Å². The third-order valence-corrected chi connectivity index (χ3v) is 4.36. The first-order valence-electron chi connectivity index (χ1n) is 9.72. The second-order valence-electron chi connectivity index (χ2n) is 7.17. The Morgan fingerprint density at radius 1 is 1.00 bits per heavy atom. The molecule has 0 aliphatic heterocycles. The Hall–Kier alpha value is -2.53. The third kappa shape index (κ3) is 7.24. The number of benzene rings is 2. The van der Waals surface area contributed by atoms with Gasteiger partial charge in [0.2, 0.25) is 5.91 Å². The van der Waals surface area contributed by atoms with Gasteiger partial charge in [-0.1, -0.05) is 50.2 Å². The molecule has 1 unspecified atom stereocenters. The second kappa shape index (κ2) is 11.3. The molecule has 0 saturated carbocycles. The molecule has 2 aromatic carbocycles. The number of methoxy groups -OCH3 is 1. The van der Waals surface area contributed by atoms with Crippen molar-refractivity contribution >= 4 is 5.91 Å². The summed E-state index contributed by atoms with van der Waals surface area (Å²) in [5.74, 6) is 1.76. The number of hydrogen-bond donors (Lipinski definition) is 1. The van der Waals surface area contributed by atoms with E-state index < -0.39 is 6.10 Å². The van der Waals surface area contributed by atoms with Gasteiger partial charge in [-0.3, -0.25) is 4.79 Å². The molecule has 0 aliphatic carbocycles. The summed E-state index contributed by atoms with van der Waals surface area (Å²) in [5, 5.41) is 2.91. The van der Waals surface area contributed by atoms with Crippen molar-refractivity contribution in [2.45, 2.75) is 46.4 Å². The van der Waals surface area contributed by atoms with Crippen LogP contribution in [0, 0.1) is 5.92 Å². The predicted molar refractivity (Wildman–Crippen MR) is 110 cm³/mol. The maximum Gasteiger partial charge on any atom is 0.249 e. The molecule has 0 heterocycles. The summed E-state index contributed by atoms with van der Waals surface area (Å²) in [4.78, 5) is 12.2. The van der Waals surface area contributed by atoms with E-state index in [4.69, 9.17) is 14.2 Å². The molecule has 0 bridgehead atoms. The number of rotatable bonds is 11. The van der Waals surface area contributed by atoms with Crippen LogP contribution in [0.15, 0.2) is 48.5 Å². The molecule has 0 saturated heterocycles. The Kier molecular flexibility index (Phi) is 8.82. The van der Waals surface area contributed by atoms with Crippen molar-refractivity contribution in [3.63, 3.8) is 0 Å². The predicted octanol–water partition coefficient (Wildman–Crippen LogP) is 4.34. The molecule has 5 heteroatoms. The second-order valence-corrected chi connectivity index (χ2v) is 7.17. The van der Waals surface area contributed by atoms with Crippen LogP contribution in [0.3, 0.4) is 0 Å². The lowest BCUT2D eigenvalue weighted by atomic mass is 10.1. The molecule has 2 rings (SSSR count). The van der Waals surface area contributed by atoms with Gasteiger partial charge in [-0.2, -0.15) is 0 Å². The molecule has 1 atom stereocenters. The van der Waals surface area contributed by atoms with Crippen molar-refractivity contribution in [3.8, 4) is 11.5 Å². The summed E-state index contributed by atoms with van der Waals surface area (Å²) in [6.45, 7) is 7.51. The van der Waals surface area contributed by atoms with Gasteiger partial charge >= 0.3 is 0 Å². The van der Waals surface area contributed by atoms with Gasteiger partial charge in [-0.15, -0.1) is 0 Å². The van der Waals surface area contributed by atoms with Crippen molar-refractivity contribution < 1.29 is 19.0 Å². The molecule has 2 aromatic rings. The van der Waals surface area contributed by atoms with Gasteiger partial charge < -0.3 is 19.5 Å². The van der Waals surface area contributed by atoms with Crippen molar-refractivity contribution in [3.05, 3.63) is 59.7 Å². The van der Waals surface area contributed by atoms with Crippen LogP contribution in [0.5, 0.6) is 11.5 Å². The Morgan fingerprint density at radius 3 is 2.43 bits per heavy atom. The summed E-state index contributed by atoms with van der Waals surface area (Å²) < 4.78 is 16.9. The minimum atomic E-state index is -0.464. The maximum absolute atomic E-state index is 12.2. The van der Waals surface area contributed by atoms with Crippen LogP contribution < -0.4 is 14.8 Å². The highest BCUT2D eigenvalue weighted by Gasteiger charge is 2.14. The highest BCUT2D eigenvalue weighted by Crippen LogP contribution is 2.28. The van der Waals surface area contributed by atoms with E-state index >= 15 is 0 Å². The number of nitrogens with one attached hydrogen (secondary N) is 1. The molecular formula is C23H31NO4. The molecule has 1 amide bonds. The van der Waals surface area contributed by atoms with E-state index in [1.165, 1.54) is 0 Å². The zero-order valence-electron chi connectivity index (χ0n) is 17.2. The summed E-state index contributed by atoms with van der Waals surface area (Å²) in [6, 6.07) is 15.6. The maximum atomic E-state index is 12.2. The number of carbonyl (C=O) groups is 1. The topological polar surface area (TPSA) is 56.8 Å². The van der Waals surface area contributed by atoms with E-state index in [1.54, 1.807) is 14.0 Å². The van der Waals surface area contributed by atoms with E-state index in [9.17, 15) is 4.79 Å². The Bertz CT molecular complexity index is 731. The van der Waals surface area contributed by atoms with Crippen LogP contribution in [0.1, 0.15) is 38.3 Å². The number of carbonyl (C=O) groups excluding carboxylic acids is 1. The summed E-state index contributed by atoms with van der Waals surface area (Å²) in [6.07, 6.45) is 0.480. The van der Waals surface area contributed by atoms with E-state index in [-0.39, 0.29) is 5.91 Å². The normalized spacial score (nSPS) is 11.9. The standard InChI is InChI=1S/C23H31NO4/c1-17(2)12-13-27-18(3)23(25)24-15-20-10-11-21(22(14-20)26-4)28-16-19-8-6-5-7-9-19/h5-11,14,17-18H,12-13,15-16H2,1-4H3,(H,24,25). The highest BCUT2D eigenvalue weighted by atomic mass is 16.5. The fraction of sp³-hybridized carbons (Fsp3) is 0.435. The quantitative estimate of drug-likeness (QED) is 0.625. The van der Waals surface area contributed by atoms with Crippen molar-refractivity contribution in [2.24, 2.45) is 5.92 Å². The molecule has 0 spiro atoms. The highest BCUT2D eigenvalue weighted by molar-refractivity contribution is 5.80. The molecule has 0 radical (unpaired) electrons. The molecule has 1 N–H and O–H groups in total. The Balaban J connectivity index is 1.86. The van der Waals surface area contributed by atoms with E-state index in [0.29, 0.717) is 37.2 Å². The molecule has 0 fully saturated rings. The molecule has 152 valence electrons. The first kappa shape index (κ1) is 21.8. The molecule has 0 aromatic heterocycles. The van der Waals surface area contributed by atoms with Gasteiger partial charge in [0.25, 0.3) is 0 Å². The third-order valence-electron chi connectivity index (χ3n) is 4.36. The van der Waals surface area contributed by atoms with Crippen molar-refractivity contribution in [2.75, 3.05) is 13.7 Å². The van der Waals surface area contributed by atoms with Gasteiger partial charge in [0, 0.05) is 13.2 Å². The molecular weight excluding hydrogens is 354 g/mol. The zero-order valence-corrected chi connectivity index (χ0v) is 17.2. The first-order valence-corrected chi connectivity index (χ1v) is 9.72. The Labute approximate surface area is 168 Å². The lowest BCUT2D eigenvalue weighted by molar-refractivity contribution is -0.132. The fourth-order valence-corrected chi connectivity index (χ4v) is 2.57. The monoisotopic (exact) mass is 385 g/mol. The van der Waals surface area contributed by atoms with Gasteiger partial charge in [-0.05, 0) is 42.5 Å². The van der Waals surface area contributed by atoms with E-state index in [1.807, 2.05) is 48.5 Å². The lowest BCUT2D eigenvalue weighted by Gasteiger charge is -2.15. The smallest absolute Gasteiger partial charge is 0.249 e. The first-order chi connectivity index (χ1) is 13.5. The minimum Gasteiger partial charge on any atom is -0.493 e. The van der Waals surface area contributed by atoms with Crippen LogP contribution in [0.2, 0.25) is 0 Å². The number of amides is 1.